The first kappa shape index (κ1) is 15.4. The van der Waals surface area contributed by atoms with E-state index >= 15 is 0 Å². The summed E-state index contributed by atoms with van der Waals surface area (Å²) in [6.45, 7) is 3.90. The van der Waals surface area contributed by atoms with Crippen molar-refractivity contribution in [3.63, 3.8) is 0 Å². The van der Waals surface area contributed by atoms with E-state index < -0.39 is 0 Å². The van der Waals surface area contributed by atoms with Crippen LogP contribution in [0.25, 0.3) is 0 Å². The standard InChI is InChI=1S/C16H25FN2O/c1-12(9-13-3-5-14(17)6-4-13)19-8-7-16(20-2)10-15(19)11-18/h3-6,12,15-16H,7-11,18H2,1-2H3. The van der Waals surface area contributed by atoms with Gasteiger partial charge in [0.25, 0.3) is 0 Å². The molecule has 0 aliphatic carbocycles. The van der Waals surface area contributed by atoms with Gasteiger partial charge in [0.15, 0.2) is 0 Å². The zero-order chi connectivity index (χ0) is 14.5. The Labute approximate surface area is 120 Å². The van der Waals surface area contributed by atoms with E-state index in [2.05, 4.69) is 11.8 Å². The molecule has 0 aromatic heterocycles. The third-order valence-electron chi connectivity index (χ3n) is 4.33. The van der Waals surface area contributed by atoms with Gasteiger partial charge in [0.1, 0.15) is 5.82 Å². The topological polar surface area (TPSA) is 38.5 Å². The molecule has 20 heavy (non-hydrogen) atoms. The van der Waals surface area contributed by atoms with E-state index in [0.29, 0.717) is 24.7 Å². The molecule has 0 spiro atoms. The minimum Gasteiger partial charge on any atom is -0.381 e. The molecule has 3 nitrogen and oxygen atoms in total. The van der Waals surface area contributed by atoms with Crippen LogP contribution >= 0.6 is 0 Å². The maximum atomic E-state index is 12.9. The third-order valence-corrected chi connectivity index (χ3v) is 4.33. The lowest BCUT2D eigenvalue weighted by atomic mass is 9.95. The normalized spacial score (nSPS) is 25.6. The largest absolute Gasteiger partial charge is 0.381 e. The Kier molecular flexibility index (Phi) is 5.52. The summed E-state index contributed by atoms with van der Waals surface area (Å²) in [5, 5.41) is 0. The number of likely N-dealkylation sites (tertiary alicyclic amines) is 1. The maximum Gasteiger partial charge on any atom is 0.123 e. The molecular weight excluding hydrogens is 255 g/mol. The van der Waals surface area contributed by atoms with Gasteiger partial charge < -0.3 is 10.5 Å². The molecule has 1 fully saturated rings. The number of hydrogen-bond acceptors (Lipinski definition) is 3. The highest BCUT2D eigenvalue weighted by atomic mass is 19.1. The van der Waals surface area contributed by atoms with Crippen LogP contribution in [0.5, 0.6) is 0 Å². The summed E-state index contributed by atoms with van der Waals surface area (Å²) in [4.78, 5) is 2.47. The fourth-order valence-electron chi connectivity index (χ4n) is 3.14. The van der Waals surface area contributed by atoms with Crippen LogP contribution in [0.2, 0.25) is 0 Å². The predicted octanol–water partition coefficient (Wildman–Crippen LogP) is 2.19. The Balaban J connectivity index is 1.97. The molecule has 4 heteroatoms. The first-order valence-electron chi connectivity index (χ1n) is 7.37. The molecule has 1 saturated heterocycles. The summed E-state index contributed by atoms with van der Waals surface area (Å²) in [6, 6.07) is 7.58. The van der Waals surface area contributed by atoms with E-state index in [-0.39, 0.29) is 5.82 Å². The van der Waals surface area contributed by atoms with Crippen LogP contribution < -0.4 is 5.73 Å². The predicted molar refractivity (Wildman–Crippen MR) is 79.1 cm³/mol. The highest BCUT2D eigenvalue weighted by molar-refractivity contribution is 5.17. The fraction of sp³-hybridized carbons (Fsp3) is 0.625. The van der Waals surface area contributed by atoms with Gasteiger partial charge in [-0.15, -0.1) is 0 Å². The zero-order valence-electron chi connectivity index (χ0n) is 12.4. The van der Waals surface area contributed by atoms with Crippen molar-refractivity contribution in [2.45, 2.75) is 44.4 Å². The minimum absolute atomic E-state index is 0.179. The van der Waals surface area contributed by atoms with Crippen molar-refractivity contribution in [3.05, 3.63) is 35.6 Å². The van der Waals surface area contributed by atoms with Crippen molar-refractivity contribution < 1.29 is 9.13 Å². The SMILES string of the molecule is COC1CCN(C(C)Cc2ccc(F)cc2)C(CN)C1. The monoisotopic (exact) mass is 280 g/mol. The van der Waals surface area contributed by atoms with Crippen molar-refractivity contribution in [1.82, 2.24) is 4.90 Å². The van der Waals surface area contributed by atoms with Crippen molar-refractivity contribution in [3.8, 4) is 0 Å². The van der Waals surface area contributed by atoms with Gasteiger partial charge in [-0.2, -0.15) is 0 Å². The molecule has 2 N–H and O–H groups in total. The summed E-state index contributed by atoms with van der Waals surface area (Å²) in [5.74, 6) is -0.179. The Morgan fingerprint density at radius 1 is 1.40 bits per heavy atom. The first-order valence-corrected chi connectivity index (χ1v) is 7.37. The molecule has 0 radical (unpaired) electrons. The smallest absolute Gasteiger partial charge is 0.123 e. The van der Waals surface area contributed by atoms with Crippen LogP contribution in [0.3, 0.4) is 0 Å². The lowest BCUT2D eigenvalue weighted by molar-refractivity contribution is -0.00105. The van der Waals surface area contributed by atoms with E-state index in [1.54, 1.807) is 7.11 Å². The number of methoxy groups -OCH3 is 1. The number of ether oxygens (including phenoxy) is 1. The molecule has 1 heterocycles. The number of halogens is 1. The van der Waals surface area contributed by atoms with E-state index in [4.69, 9.17) is 10.5 Å². The average molecular weight is 280 g/mol. The second kappa shape index (κ2) is 7.16. The molecule has 1 aromatic rings. The summed E-state index contributed by atoms with van der Waals surface area (Å²) in [6.07, 6.45) is 3.31. The van der Waals surface area contributed by atoms with Gasteiger partial charge >= 0.3 is 0 Å². The summed E-state index contributed by atoms with van der Waals surface area (Å²) < 4.78 is 18.4. The highest BCUT2D eigenvalue weighted by Crippen LogP contribution is 2.23. The average Bonchev–Trinajstić information content (AvgIpc) is 2.48. The third kappa shape index (κ3) is 3.78. The lowest BCUT2D eigenvalue weighted by Crippen LogP contribution is -2.52. The molecule has 1 aliphatic heterocycles. The van der Waals surface area contributed by atoms with Crippen molar-refractivity contribution in [2.75, 3.05) is 20.2 Å². The Morgan fingerprint density at radius 3 is 2.70 bits per heavy atom. The fourth-order valence-corrected chi connectivity index (χ4v) is 3.14. The molecule has 3 atom stereocenters. The molecular formula is C16H25FN2O. The number of hydrogen-bond donors (Lipinski definition) is 1. The van der Waals surface area contributed by atoms with E-state index in [0.717, 1.165) is 25.8 Å². The molecule has 2 rings (SSSR count). The Bertz CT molecular complexity index is 409. The molecule has 1 aromatic carbocycles. The molecule has 0 saturated carbocycles. The number of nitrogens with two attached hydrogens (primary N) is 1. The van der Waals surface area contributed by atoms with Crippen LogP contribution in [-0.2, 0) is 11.2 Å². The number of rotatable bonds is 5. The quantitative estimate of drug-likeness (QED) is 0.898. The lowest BCUT2D eigenvalue weighted by Gasteiger charge is -2.42. The maximum absolute atomic E-state index is 12.9. The van der Waals surface area contributed by atoms with Gasteiger partial charge in [0.05, 0.1) is 6.10 Å². The van der Waals surface area contributed by atoms with Crippen LogP contribution in [0.4, 0.5) is 4.39 Å². The van der Waals surface area contributed by atoms with Crippen LogP contribution in [0.15, 0.2) is 24.3 Å². The number of benzene rings is 1. The van der Waals surface area contributed by atoms with Gasteiger partial charge in [-0.3, -0.25) is 4.90 Å². The summed E-state index contributed by atoms with van der Waals surface area (Å²) >= 11 is 0. The van der Waals surface area contributed by atoms with Crippen LogP contribution in [0, 0.1) is 5.82 Å². The molecule has 3 unspecified atom stereocenters. The van der Waals surface area contributed by atoms with Crippen LogP contribution in [0.1, 0.15) is 25.3 Å². The van der Waals surface area contributed by atoms with Gasteiger partial charge in [0.2, 0.25) is 0 Å². The molecule has 112 valence electrons. The molecule has 0 amide bonds. The van der Waals surface area contributed by atoms with Gasteiger partial charge in [-0.05, 0) is 43.9 Å². The van der Waals surface area contributed by atoms with Crippen molar-refractivity contribution in [1.29, 1.82) is 0 Å². The second-order valence-corrected chi connectivity index (χ2v) is 5.69. The number of nitrogens with zero attached hydrogens (tertiary/aromatic N) is 1. The zero-order valence-corrected chi connectivity index (χ0v) is 12.4. The van der Waals surface area contributed by atoms with Gasteiger partial charge in [0, 0.05) is 32.3 Å². The van der Waals surface area contributed by atoms with Crippen molar-refractivity contribution in [2.24, 2.45) is 5.73 Å². The summed E-state index contributed by atoms with van der Waals surface area (Å²) in [7, 11) is 1.77. The number of piperidine rings is 1. The highest BCUT2D eigenvalue weighted by Gasteiger charge is 2.30. The summed E-state index contributed by atoms with van der Waals surface area (Å²) in [5.41, 5.74) is 7.08. The molecule has 1 aliphatic rings. The van der Waals surface area contributed by atoms with E-state index in [1.165, 1.54) is 17.7 Å². The Hall–Kier alpha value is -0.970. The van der Waals surface area contributed by atoms with Gasteiger partial charge in [-0.25, -0.2) is 4.39 Å². The van der Waals surface area contributed by atoms with E-state index in [1.807, 2.05) is 12.1 Å². The first-order chi connectivity index (χ1) is 9.63. The molecule has 0 bridgehead atoms. The van der Waals surface area contributed by atoms with E-state index in [9.17, 15) is 4.39 Å². The van der Waals surface area contributed by atoms with Crippen molar-refractivity contribution >= 4 is 0 Å². The Morgan fingerprint density at radius 2 is 2.10 bits per heavy atom. The van der Waals surface area contributed by atoms with Crippen LogP contribution in [-0.4, -0.2) is 43.3 Å². The van der Waals surface area contributed by atoms with Gasteiger partial charge in [-0.1, -0.05) is 12.1 Å². The minimum atomic E-state index is -0.179. The second-order valence-electron chi connectivity index (χ2n) is 5.69.